The van der Waals surface area contributed by atoms with Crippen molar-refractivity contribution in [2.45, 2.75) is 25.8 Å². The lowest BCUT2D eigenvalue weighted by Crippen LogP contribution is -2.43. The average molecular weight is 465 g/mol. The minimum absolute atomic E-state index is 0.0664. The summed E-state index contributed by atoms with van der Waals surface area (Å²) in [6, 6.07) is 16.9. The zero-order chi connectivity index (χ0) is 23.2. The fraction of sp³-hybridized carbons (Fsp3) is 0.292. The standard InChI is InChI=1S/C24H28N6O2S/c1-2-33(31)30-14-6-7-18(15-30)29-24-21(23(26)27-16-28-24)22(25)17-10-12-20(13-11-17)32-19-8-4-3-5-9-19/h3-5,8-13,16,18,25H,2,6-7,14-15H2,1H3,(H3,26,27,28,29). The van der Waals surface area contributed by atoms with Gasteiger partial charge in [0.1, 0.15) is 29.5 Å². The van der Waals surface area contributed by atoms with E-state index in [1.54, 1.807) is 0 Å². The summed E-state index contributed by atoms with van der Waals surface area (Å²) in [5.41, 5.74) is 7.55. The molecule has 0 spiro atoms. The van der Waals surface area contributed by atoms with Crippen molar-refractivity contribution in [3.63, 3.8) is 0 Å². The first-order valence-electron chi connectivity index (χ1n) is 11.0. The largest absolute Gasteiger partial charge is 0.457 e. The lowest BCUT2D eigenvalue weighted by molar-refractivity contribution is 0.343. The van der Waals surface area contributed by atoms with Crippen molar-refractivity contribution in [3.05, 3.63) is 72.1 Å². The van der Waals surface area contributed by atoms with Gasteiger partial charge in [0.25, 0.3) is 0 Å². The Morgan fingerprint density at radius 2 is 1.91 bits per heavy atom. The van der Waals surface area contributed by atoms with E-state index in [-0.39, 0.29) is 17.6 Å². The van der Waals surface area contributed by atoms with Gasteiger partial charge in [0.15, 0.2) is 0 Å². The molecule has 0 saturated carbocycles. The molecular formula is C24H28N6O2S. The molecule has 0 amide bonds. The van der Waals surface area contributed by atoms with Gasteiger partial charge in [-0.3, -0.25) is 5.41 Å². The molecular weight excluding hydrogens is 436 g/mol. The Morgan fingerprint density at radius 1 is 1.18 bits per heavy atom. The number of nitrogen functional groups attached to an aromatic ring is 1. The number of nitrogens with two attached hydrogens (primary N) is 1. The summed E-state index contributed by atoms with van der Waals surface area (Å²) in [5, 5.41) is 12.2. The van der Waals surface area contributed by atoms with Crippen molar-refractivity contribution in [1.29, 1.82) is 5.41 Å². The van der Waals surface area contributed by atoms with Crippen LogP contribution in [0.4, 0.5) is 11.6 Å². The van der Waals surface area contributed by atoms with Gasteiger partial charge in [0.05, 0.1) is 22.3 Å². The normalized spacial score (nSPS) is 17.3. The lowest BCUT2D eigenvalue weighted by atomic mass is 10.0. The first-order valence-corrected chi connectivity index (χ1v) is 12.3. The molecule has 33 heavy (non-hydrogen) atoms. The van der Waals surface area contributed by atoms with Crippen LogP contribution in [0.2, 0.25) is 0 Å². The summed E-state index contributed by atoms with van der Waals surface area (Å²) in [6.07, 6.45) is 3.27. The molecule has 2 unspecified atom stereocenters. The van der Waals surface area contributed by atoms with Crippen molar-refractivity contribution in [2.75, 3.05) is 29.9 Å². The molecule has 9 heteroatoms. The number of nitrogens with one attached hydrogen (secondary N) is 2. The summed E-state index contributed by atoms with van der Waals surface area (Å²) in [4.78, 5) is 8.49. The number of ether oxygens (including phenoxy) is 1. The maximum absolute atomic E-state index is 12.2. The van der Waals surface area contributed by atoms with Gasteiger partial charge in [-0.25, -0.2) is 18.5 Å². The Labute approximate surface area is 196 Å². The molecule has 2 aromatic carbocycles. The average Bonchev–Trinajstić information content (AvgIpc) is 2.84. The lowest BCUT2D eigenvalue weighted by Gasteiger charge is -2.32. The fourth-order valence-electron chi connectivity index (χ4n) is 3.83. The van der Waals surface area contributed by atoms with Crippen molar-refractivity contribution in [2.24, 2.45) is 0 Å². The smallest absolute Gasteiger partial charge is 0.141 e. The van der Waals surface area contributed by atoms with Crippen LogP contribution in [-0.4, -0.2) is 49.1 Å². The van der Waals surface area contributed by atoms with E-state index >= 15 is 0 Å². The van der Waals surface area contributed by atoms with Crippen molar-refractivity contribution < 1.29 is 8.95 Å². The number of rotatable bonds is 8. The zero-order valence-corrected chi connectivity index (χ0v) is 19.3. The number of hydrogen-bond donors (Lipinski definition) is 3. The monoisotopic (exact) mass is 464 g/mol. The van der Waals surface area contributed by atoms with Gasteiger partial charge in [-0.05, 0) is 49.2 Å². The highest BCUT2D eigenvalue weighted by atomic mass is 32.2. The van der Waals surface area contributed by atoms with E-state index in [0.717, 1.165) is 25.1 Å². The van der Waals surface area contributed by atoms with E-state index in [4.69, 9.17) is 15.9 Å². The molecule has 4 rings (SSSR count). The Hall–Kier alpha value is -3.30. The first kappa shape index (κ1) is 22.9. The summed E-state index contributed by atoms with van der Waals surface area (Å²) < 4.78 is 20.1. The number of hydrogen-bond acceptors (Lipinski definition) is 7. The first-order chi connectivity index (χ1) is 16.0. The molecule has 1 aliphatic rings. The third-order valence-electron chi connectivity index (χ3n) is 5.51. The highest BCUT2D eigenvalue weighted by Crippen LogP contribution is 2.26. The third kappa shape index (κ3) is 5.55. The van der Waals surface area contributed by atoms with Crippen LogP contribution in [0.25, 0.3) is 0 Å². The maximum Gasteiger partial charge on any atom is 0.141 e. The predicted molar refractivity (Wildman–Crippen MR) is 132 cm³/mol. The van der Waals surface area contributed by atoms with E-state index in [2.05, 4.69) is 15.3 Å². The number of aromatic nitrogens is 2. The molecule has 0 bridgehead atoms. The molecule has 1 saturated heterocycles. The van der Waals surface area contributed by atoms with Crippen LogP contribution in [0.3, 0.4) is 0 Å². The Bertz CT molecular complexity index is 1120. The van der Waals surface area contributed by atoms with Crippen LogP contribution >= 0.6 is 0 Å². The molecule has 2 atom stereocenters. The Kier molecular flexibility index (Phi) is 7.31. The van der Waals surface area contributed by atoms with Crippen molar-refractivity contribution in [1.82, 2.24) is 14.3 Å². The number of piperidine rings is 1. The molecule has 2 heterocycles. The zero-order valence-electron chi connectivity index (χ0n) is 18.5. The summed E-state index contributed by atoms with van der Waals surface area (Å²) >= 11 is 0. The molecule has 0 aliphatic carbocycles. The number of anilines is 2. The van der Waals surface area contributed by atoms with Crippen LogP contribution in [0.1, 0.15) is 30.9 Å². The highest BCUT2D eigenvalue weighted by Gasteiger charge is 2.25. The van der Waals surface area contributed by atoms with Crippen LogP contribution < -0.4 is 15.8 Å². The van der Waals surface area contributed by atoms with Gasteiger partial charge in [-0.2, -0.15) is 0 Å². The summed E-state index contributed by atoms with van der Waals surface area (Å²) in [5.74, 6) is 2.79. The predicted octanol–water partition coefficient (Wildman–Crippen LogP) is 3.83. The minimum Gasteiger partial charge on any atom is -0.457 e. The van der Waals surface area contributed by atoms with Crippen molar-refractivity contribution >= 4 is 28.3 Å². The SMILES string of the molecule is CCS(=O)N1CCCC(Nc2ncnc(N)c2C(=N)c2ccc(Oc3ccccc3)cc2)C1. The Balaban J connectivity index is 1.52. The number of nitrogens with zero attached hydrogens (tertiary/aromatic N) is 3. The van der Waals surface area contributed by atoms with Gasteiger partial charge in [-0.15, -0.1) is 0 Å². The van der Waals surface area contributed by atoms with Gasteiger partial charge in [0, 0.05) is 30.4 Å². The van der Waals surface area contributed by atoms with Gasteiger partial charge < -0.3 is 15.8 Å². The number of para-hydroxylation sites is 1. The second-order valence-electron chi connectivity index (χ2n) is 7.78. The second-order valence-corrected chi connectivity index (χ2v) is 9.52. The van der Waals surface area contributed by atoms with Gasteiger partial charge in [-0.1, -0.05) is 25.1 Å². The van der Waals surface area contributed by atoms with E-state index in [1.165, 1.54) is 6.33 Å². The van der Waals surface area contributed by atoms with Crippen LogP contribution in [0, 0.1) is 5.41 Å². The maximum atomic E-state index is 12.2. The summed E-state index contributed by atoms with van der Waals surface area (Å²) in [6.45, 7) is 3.40. The third-order valence-corrected chi connectivity index (χ3v) is 6.91. The molecule has 4 N–H and O–H groups in total. The Morgan fingerprint density at radius 3 is 2.64 bits per heavy atom. The minimum atomic E-state index is -0.976. The second kappa shape index (κ2) is 10.5. The fourth-order valence-corrected chi connectivity index (χ4v) is 4.88. The van der Waals surface area contributed by atoms with E-state index in [0.29, 0.717) is 35.0 Å². The van der Waals surface area contributed by atoms with E-state index in [9.17, 15) is 4.21 Å². The summed E-state index contributed by atoms with van der Waals surface area (Å²) in [7, 11) is -0.976. The molecule has 1 aromatic heterocycles. The van der Waals surface area contributed by atoms with Crippen LogP contribution in [0.15, 0.2) is 60.9 Å². The number of benzene rings is 2. The van der Waals surface area contributed by atoms with Crippen LogP contribution in [-0.2, 0) is 11.0 Å². The molecule has 3 aromatic rings. The van der Waals surface area contributed by atoms with Gasteiger partial charge >= 0.3 is 0 Å². The quantitative estimate of drug-likeness (QED) is 0.436. The molecule has 172 valence electrons. The molecule has 1 fully saturated rings. The molecule has 1 aliphatic heterocycles. The highest BCUT2D eigenvalue weighted by molar-refractivity contribution is 7.82. The van der Waals surface area contributed by atoms with Gasteiger partial charge in [0.2, 0.25) is 0 Å². The van der Waals surface area contributed by atoms with Crippen LogP contribution in [0.5, 0.6) is 11.5 Å². The molecule has 8 nitrogen and oxygen atoms in total. The topological polar surface area (TPSA) is 117 Å². The van der Waals surface area contributed by atoms with Crippen molar-refractivity contribution in [3.8, 4) is 11.5 Å². The van der Waals surface area contributed by atoms with E-state index < -0.39 is 11.0 Å². The van der Waals surface area contributed by atoms with E-state index in [1.807, 2.05) is 65.8 Å². The molecule has 0 radical (unpaired) electrons.